The minimum Gasteiger partial charge on any atom is -0.335 e. The molecule has 1 N–H and O–H groups in total. The minimum atomic E-state index is 0.150. The zero-order valence-electron chi connectivity index (χ0n) is 14.3. The van der Waals surface area contributed by atoms with E-state index in [0.29, 0.717) is 12.2 Å². The summed E-state index contributed by atoms with van der Waals surface area (Å²) in [7, 11) is 0. The summed E-state index contributed by atoms with van der Waals surface area (Å²) >= 11 is 1.55. The number of rotatable bonds is 6. The maximum atomic E-state index is 12.3. The Labute approximate surface area is 158 Å². The Balaban J connectivity index is 1.66. The number of hydrogen-bond acceptors (Lipinski definition) is 3. The van der Waals surface area contributed by atoms with Crippen LogP contribution in [0.15, 0.2) is 96.0 Å². The number of carbonyl (C=O) groups excluding carboxylic acids is 1. The minimum absolute atomic E-state index is 0.150. The zero-order chi connectivity index (χ0) is 18.0. The molecule has 3 rings (SSSR count). The Morgan fingerprint density at radius 3 is 2.04 bits per heavy atom. The first kappa shape index (κ1) is 18.0. The van der Waals surface area contributed by atoms with Crippen LogP contribution in [-0.4, -0.2) is 16.7 Å². The van der Waals surface area contributed by atoms with Crippen molar-refractivity contribution in [1.29, 1.82) is 0 Å². The van der Waals surface area contributed by atoms with Gasteiger partial charge in [-0.1, -0.05) is 78.5 Å². The number of nitrogens with one attached hydrogen (secondary N) is 1. The van der Waals surface area contributed by atoms with Crippen LogP contribution in [0.3, 0.4) is 0 Å². The standard InChI is InChI=1S/C22H20N2OS/c25-21(18-10-4-1-5-11-18)16-17-26-22(23-19-12-6-2-7-13-19)24-20-14-8-3-9-15-20/h1-15H,16-17H2,(H,23,24). The monoisotopic (exact) mass is 360 g/mol. The first-order chi connectivity index (χ1) is 12.8. The molecule has 4 heteroatoms. The van der Waals surface area contributed by atoms with Gasteiger partial charge in [0.2, 0.25) is 0 Å². The summed E-state index contributed by atoms with van der Waals surface area (Å²) in [6, 6.07) is 29.1. The van der Waals surface area contributed by atoms with Crippen LogP contribution < -0.4 is 5.32 Å². The van der Waals surface area contributed by atoms with Crippen molar-refractivity contribution >= 4 is 34.1 Å². The highest BCUT2D eigenvalue weighted by Gasteiger charge is 2.07. The van der Waals surface area contributed by atoms with Gasteiger partial charge in [0.1, 0.15) is 0 Å². The molecular weight excluding hydrogens is 340 g/mol. The van der Waals surface area contributed by atoms with Crippen LogP contribution >= 0.6 is 11.8 Å². The van der Waals surface area contributed by atoms with Gasteiger partial charge in [-0.2, -0.15) is 0 Å². The molecule has 0 aromatic heterocycles. The van der Waals surface area contributed by atoms with Crippen molar-refractivity contribution in [3.8, 4) is 0 Å². The largest absolute Gasteiger partial charge is 0.335 e. The molecule has 0 aliphatic carbocycles. The lowest BCUT2D eigenvalue weighted by atomic mass is 10.1. The molecule has 0 heterocycles. The Morgan fingerprint density at radius 1 is 0.808 bits per heavy atom. The van der Waals surface area contributed by atoms with Crippen LogP contribution in [0, 0.1) is 0 Å². The van der Waals surface area contributed by atoms with Crippen molar-refractivity contribution in [1.82, 2.24) is 0 Å². The first-order valence-corrected chi connectivity index (χ1v) is 9.47. The molecule has 0 atom stereocenters. The number of para-hydroxylation sites is 2. The first-order valence-electron chi connectivity index (χ1n) is 8.48. The van der Waals surface area contributed by atoms with Gasteiger partial charge in [0.05, 0.1) is 5.69 Å². The second kappa shape index (κ2) is 9.59. The smallest absolute Gasteiger partial charge is 0.166 e. The highest BCUT2D eigenvalue weighted by atomic mass is 32.2. The molecule has 0 saturated heterocycles. The van der Waals surface area contributed by atoms with Crippen molar-refractivity contribution in [3.05, 3.63) is 96.6 Å². The molecule has 0 fully saturated rings. The van der Waals surface area contributed by atoms with E-state index >= 15 is 0 Å². The second-order valence-electron chi connectivity index (χ2n) is 5.63. The Kier molecular flexibility index (Phi) is 6.62. The predicted molar refractivity (Wildman–Crippen MR) is 111 cm³/mol. The summed E-state index contributed by atoms with van der Waals surface area (Å²) in [4.78, 5) is 16.9. The molecule has 0 aliphatic rings. The summed E-state index contributed by atoms with van der Waals surface area (Å²) in [5.41, 5.74) is 2.61. The fourth-order valence-electron chi connectivity index (χ4n) is 2.37. The molecule has 0 unspecified atom stereocenters. The predicted octanol–water partition coefficient (Wildman–Crippen LogP) is 5.79. The lowest BCUT2D eigenvalue weighted by molar-refractivity contribution is 0.0989. The fourth-order valence-corrected chi connectivity index (χ4v) is 3.21. The van der Waals surface area contributed by atoms with E-state index in [2.05, 4.69) is 10.3 Å². The van der Waals surface area contributed by atoms with Crippen LogP contribution in [0.2, 0.25) is 0 Å². The lowest BCUT2D eigenvalue weighted by Crippen LogP contribution is -2.10. The number of hydrogen-bond donors (Lipinski definition) is 1. The summed E-state index contributed by atoms with van der Waals surface area (Å²) < 4.78 is 0. The highest BCUT2D eigenvalue weighted by molar-refractivity contribution is 8.14. The van der Waals surface area contributed by atoms with Crippen molar-refractivity contribution in [2.24, 2.45) is 4.99 Å². The average Bonchev–Trinajstić information content (AvgIpc) is 2.70. The summed E-state index contributed by atoms with van der Waals surface area (Å²) in [5.74, 6) is 0.816. The van der Waals surface area contributed by atoms with Gasteiger partial charge in [0, 0.05) is 23.4 Å². The molecule has 0 aliphatic heterocycles. The maximum Gasteiger partial charge on any atom is 0.166 e. The third-order valence-corrected chi connectivity index (χ3v) is 4.55. The molecule has 26 heavy (non-hydrogen) atoms. The van der Waals surface area contributed by atoms with Crippen molar-refractivity contribution in [2.45, 2.75) is 6.42 Å². The summed E-state index contributed by atoms with van der Waals surface area (Å²) in [5, 5.41) is 4.12. The topological polar surface area (TPSA) is 41.5 Å². The van der Waals surface area contributed by atoms with E-state index in [1.807, 2.05) is 91.0 Å². The third kappa shape index (κ3) is 5.60. The van der Waals surface area contributed by atoms with E-state index < -0.39 is 0 Å². The number of thioether (sulfide) groups is 1. The SMILES string of the molecule is O=C(CCSC(=Nc1ccccc1)Nc1ccccc1)c1ccccc1. The molecule has 3 aromatic carbocycles. The van der Waals surface area contributed by atoms with E-state index in [-0.39, 0.29) is 5.78 Å². The third-order valence-electron chi connectivity index (χ3n) is 3.68. The number of ketones is 1. The van der Waals surface area contributed by atoms with Gasteiger partial charge in [-0.3, -0.25) is 4.79 Å². The number of aliphatic imine (C=N–C) groups is 1. The number of carbonyl (C=O) groups is 1. The fraction of sp³-hybridized carbons (Fsp3) is 0.0909. The van der Waals surface area contributed by atoms with E-state index in [1.165, 1.54) is 0 Å². The van der Waals surface area contributed by atoms with Crippen LogP contribution in [0.25, 0.3) is 0 Å². The Bertz CT molecular complexity index is 849. The normalized spacial score (nSPS) is 11.2. The Hall–Kier alpha value is -2.85. The van der Waals surface area contributed by atoms with Gasteiger partial charge in [-0.15, -0.1) is 0 Å². The maximum absolute atomic E-state index is 12.3. The molecule has 0 radical (unpaired) electrons. The molecule has 0 saturated carbocycles. The van der Waals surface area contributed by atoms with Gasteiger partial charge < -0.3 is 5.32 Å². The van der Waals surface area contributed by atoms with Gasteiger partial charge in [-0.05, 0) is 24.3 Å². The molecule has 3 nitrogen and oxygen atoms in total. The van der Waals surface area contributed by atoms with Crippen LogP contribution in [0.1, 0.15) is 16.8 Å². The van der Waals surface area contributed by atoms with Crippen molar-refractivity contribution < 1.29 is 4.79 Å². The number of nitrogens with zero attached hydrogens (tertiary/aromatic N) is 1. The van der Waals surface area contributed by atoms with E-state index in [1.54, 1.807) is 11.8 Å². The molecular formula is C22H20N2OS. The number of Topliss-reactive ketones (excluding diaryl/α,β-unsaturated/α-hetero) is 1. The van der Waals surface area contributed by atoms with Crippen molar-refractivity contribution in [3.63, 3.8) is 0 Å². The molecule has 0 spiro atoms. The Morgan fingerprint density at radius 2 is 1.38 bits per heavy atom. The van der Waals surface area contributed by atoms with Crippen molar-refractivity contribution in [2.75, 3.05) is 11.1 Å². The number of benzene rings is 3. The quantitative estimate of drug-likeness (QED) is 0.343. The van der Waals surface area contributed by atoms with Crippen LogP contribution in [-0.2, 0) is 0 Å². The van der Waals surface area contributed by atoms with Gasteiger partial charge in [0.15, 0.2) is 11.0 Å². The van der Waals surface area contributed by atoms with Gasteiger partial charge in [0.25, 0.3) is 0 Å². The number of amidine groups is 1. The van der Waals surface area contributed by atoms with E-state index in [4.69, 9.17) is 0 Å². The van der Waals surface area contributed by atoms with Gasteiger partial charge in [-0.25, -0.2) is 4.99 Å². The number of anilines is 1. The summed E-state index contributed by atoms with van der Waals surface area (Å²) in [6.45, 7) is 0. The zero-order valence-corrected chi connectivity index (χ0v) is 15.2. The molecule has 0 amide bonds. The molecule has 130 valence electrons. The van der Waals surface area contributed by atoms with Crippen LogP contribution in [0.4, 0.5) is 11.4 Å². The van der Waals surface area contributed by atoms with E-state index in [0.717, 1.165) is 22.1 Å². The molecule has 0 bridgehead atoms. The van der Waals surface area contributed by atoms with Gasteiger partial charge >= 0.3 is 0 Å². The highest BCUT2D eigenvalue weighted by Crippen LogP contribution is 2.18. The molecule has 3 aromatic rings. The van der Waals surface area contributed by atoms with Crippen LogP contribution in [0.5, 0.6) is 0 Å². The second-order valence-corrected chi connectivity index (χ2v) is 6.71. The summed E-state index contributed by atoms with van der Waals surface area (Å²) in [6.07, 6.45) is 0.471. The van der Waals surface area contributed by atoms with E-state index in [9.17, 15) is 4.79 Å². The lowest BCUT2D eigenvalue weighted by Gasteiger charge is -2.10. The average molecular weight is 360 g/mol.